The fourth-order valence-corrected chi connectivity index (χ4v) is 3.25. The number of aromatic nitrogens is 3. The molecular formula is C24H19BrN8O2. The molecule has 1 aromatic heterocycles. The Morgan fingerprint density at radius 3 is 1.94 bits per heavy atom. The number of nitro benzene ring substituents is 1. The Morgan fingerprint density at radius 1 is 0.800 bits per heavy atom. The molecule has 4 rings (SSSR count). The predicted octanol–water partition coefficient (Wildman–Crippen LogP) is 6.10. The fourth-order valence-electron chi connectivity index (χ4n) is 2.88. The molecule has 11 heteroatoms. The van der Waals surface area contributed by atoms with E-state index in [1.165, 1.54) is 12.1 Å². The molecule has 0 atom stereocenters. The number of hydrazone groups is 1. The van der Waals surface area contributed by atoms with Gasteiger partial charge in [-0.25, -0.2) is 5.43 Å². The Bertz CT molecular complexity index is 1350. The van der Waals surface area contributed by atoms with Crippen molar-refractivity contribution >= 4 is 63.1 Å². The molecule has 0 amide bonds. The summed E-state index contributed by atoms with van der Waals surface area (Å²) in [4.78, 5) is 23.5. The number of halogens is 1. The lowest BCUT2D eigenvalue weighted by Gasteiger charge is -2.10. The van der Waals surface area contributed by atoms with E-state index in [1.54, 1.807) is 18.3 Å². The van der Waals surface area contributed by atoms with Gasteiger partial charge in [0.1, 0.15) is 0 Å². The highest BCUT2D eigenvalue weighted by atomic mass is 79.9. The monoisotopic (exact) mass is 530 g/mol. The number of nitrogens with one attached hydrogen (secondary N) is 3. The molecule has 0 fully saturated rings. The Hall–Kier alpha value is -4.64. The van der Waals surface area contributed by atoms with Gasteiger partial charge in [-0.15, -0.1) is 0 Å². The molecule has 0 saturated carbocycles. The van der Waals surface area contributed by atoms with Crippen LogP contribution in [0.1, 0.15) is 5.56 Å². The molecule has 0 radical (unpaired) electrons. The second kappa shape index (κ2) is 11.5. The van der Waals surface area contributed by atoms with E-state index in [2.05, 4.69) is 52.0 Å². The lowest BCUT2D eigenvalue weighted by Crippen LogP contribution is -2.07. The van der Waals surface area contributed by atoms with Gasteiger partial charge in [0.2, 0.25) is 17.8 Å². The molecule has 0 aliphatic heterocycles. The number of anilines is 5. The van der Waals surface area contributed by atoms with Gasteiger partial charge in [0.25, 0.3) is 5.69 Å². The summed E-state index contributed by atoms with van der Waals surface area (Å²) in [6, 6.07) is 25.2. The number of allylic oxidation sites excluding steroid dienone is 1. The largest absolute Gasteiger partial charge is 0.324 e. The molecule has 10 nitrogen and oxygen atoms in total. The van der Waals surface area contributed by atoms with Crippen LogP contribution in [0, 0.1) is 10.1 Å². The van der Waals surface area contributed by atoms with Gasteiger partial charge in [-0.2, -0.15) is 20.1 Å². The molecule has 35 heavy (non-hydrogen) atoms. The van der Waals surface area contributed by atoms with E-state index in [0.717, 1.165) is 15.7 Å². The van der Waals surface area contributed by atoms with Crippen molar-refractivity contribution in [2.45, 2.75) is 0 Å². The lowest BCUT2D eigenvalue weighted by molar-refractivity contribution is -0.384. The molecule has 0 bridgehead atoms. The molecule has 174 valence electrons. The quantitative estimate of drug-likeness (QED) is 0.134. The van der Waals surface area contributed by atoms with Gasteiger partial charge in [-0.3, -0.25) is 10.1 Å². The Labute approximate surface area is 209 Å². The Balaban J connectivity index is 1.54. The number of hydrogen-bond donors (Lipinski definition) is 3. The van der Waals surface area contributed by atoms with Crippen LogP contribution < -0.4 is 16.1 Å². The average Bonchev–Trinajstić information content (AvgIpc) is 2.85. The number of hydrogen-bond acceptors (Lipinski definition) is 9. The summed E-state index contributed by atoms with van der Waals surface area (Å²) < 4.78 is 0.747. The first-order valence-corrected chi connectivity index (χ1v) is 11.2. The van der Waals surface area contributed by atoms with Crippen molar-refractivity contribution in [1.29, 1.82) is 0 Å². The third-order valence-electron chi connectivity index (χ3n) is 4.46. The molecule has 1 heterocycles. The molecule has 0 unspecified atom stereocenters. The maximum absolute atomic E-state index is 10.9. The normalized spacial score (nSPS) is 11.3. The number of non-ortho nitro benzene ring substituents is 1. The standard InChI is InChI=1S/C24H19BrN8O2/c25-18(15-17-7-3-1-4-8-17)16-26-32-24-30-22(27-19-9-5-2-6-10-19)29-23(31-24)28-20-11-13-21(14-12-20)33(34)35/h1-16H,(H3,27,28,29,30,31,32)/b18-15+,26-16+. The second-order valence-electron chi connectivity index (χ2n) is 7.04. The van der Waals surface area contributed by atoms with Crippen molar-refractivity contribution in [2.75, 3.05) is 16.1 Å². The molecule has 3 N–H and O–H groups in total. The van der Waals surface area contributed by atoms with Crippen LogP contribution in [-0.4, -0.2) is 26.1 Å². The Kier molecular flexibility index (Phi) is 7.71. The van der Waals surface area contributed by atoms with E-state index in [9.17, 15) is 10.1 Å². The van der Waals surface area contributed by atoms with Crippen molar-refractivity contribution in [3.05, 3.63) is 105 Å². The summed E-state index contributed by atoms with van der Waals surface area (Å²) >= 11 is 3.47. The van der Waals surface area contributed by atoms with E-state index in [-0.39, 0.29) is 23.5 Å². The highest BCUT2D eigenvalue weighted by Gasteiger charge is 2.09. The minimum Gasteiger partial charge on any atom is -0.324 e. The number of para-hydroxylation sites is 1. The second-order valence-corrected chi connectivity index (χ2v) is 7.95. The number of rotatable bonds is 9. The summed E-state index contributed by atoms with van der Waals surface area (Å²) in [5.74, 6) is 0.704. The van der Waals surface area contributed by atoms with Gasteiger partial charge in [-0.05, 0) is 51.8 Å². The third-order valence-corrected chi connectivity index (χ3v) is 4.89. The molecule has 0 spiro atoms. The van der Waals surface area contributed by atoms with Gasteiger partial charge < -0.3 is 10.6 Å². The maximum atomic E-state index is 10.9. The van der Waals surface area contributed by atoms with E-state index in [1.807, 2.05) is 66.7 Å². The van der Waals surface area contributed by atoms with E-state index >= 15 is 0 Å². The summed E-state index contributed by atoms with van der Waals surface area (Å²) in [5.41, 5.74) is 5.19. The van der Waals surface area contributed by atoms with Crippen molar-refractivity contribution in [1.82, 2.24) is 15.0 Å². The van der Waals surface area contributed by atoms with Crippen molar-refractivity contribution in [3.63, 3.8) is 0 Å². The highest BCUT2D eigenvalue weighted by Crippen LogP contribution is 2.21. The summed E-state index contributed by atoms with van der Waals surface area (Å²) in [6.45, 7) is 0. The molecule has 3 aromatic carbocycles. The zero-order chi connectivity index (χ0) is 24.5. The van der Waals surface area contributed by atoms with Crippen LogP contribution in [-0.2, 0) is 0 Å². The third kappa shape index (κ3) is 7.17. The summed E-state index contributed by atoms with van der Waals surface area (Å²) in [7, 11) is 0. The first-order valence-electron chi connectivity index (χ1n) is 10.4. The molecule has 0 aliphatic rings. The summed E-state index contributed by atoms with van der Waals surface area (Å²) in [6.07, 6.45) is 3.51. The van der Waals surface area contributed by atoms with Crippen LogP contribution >= 0.6 is 15.9 Å². The zero-order valence-electron chi connectivity index (χ0n) is 18.2. The minimum atomic E-state index is -0.459. The SMILES string of the molecule is O=[N+]([O-])c1ccc(Nc2nc(N/N=C/C(Br)=C\c3ccccc3)nc(Nc3ccccc3)n2)cc1. The molecular weight excluding hydrogens is 512 g/mol. The molecule has 0 aliphatic carbocycles. The smallest absolute Gasteiger partial charge is 0.269 e. The first-order chi connectivity index (χ1) is 17.0. The van der Waals surface area contributed by atoms with Crippen LogP contribution in [0.2, 0.25) is 0 Å². The Morgan fingerprint density at radius 2 is 1.34 bits per heavy atom. The number of nitro groups is 1. The van der Waals surface area contributed by atoms with E-state index in [0.29, 0.717) is 5.69 Å². The highest BCUT2D eigenvalue weighted by molar-refractivity contribution is 9.12. The minimum absolute atomic E-state index is 0.0107. The maximum Gasteiger partial charge on any atom is 0.269 e. The fraction of sp³-hybridized carbons (Fsp3) is 0. The predicted molar refractivity (Wildman–Crippen MR) is 141 cm³/mol. The van der Waals surface area contributed by atoms with Crippen molar-refractivity contribution < 1.29 is 4.92 Å². The molecule has 4 aromatic rings. The van der Waals surface area contributed by atoms with Gasteiger partial charge >= 0.3 is 0 Å². The van der Waals surface area contributed by atoms with Gasteiger partial charge in [0.05, 0.1) is 11.1 Å². The number of benzene rings is 3. The van der Waals surface area contributed by atoms with Crippen LogP contribution in [0.3, 0.4) is 0 Å². The van der Waals surface area contributed by atoms with Gasteiger partial charge in [0.15, 0.2) is 0 Å². The van der Waals surface area contributed by atoms with E-state index in [4.69, 9.17) is 0 Å². The lowest BCUT2D eigenvalue weighted by atomic mass is 10.2. The number of nitrogens with zero attached hydrogens (tertiary/aromatic N) is 5. The van der Waals surface area contributed by atoms with Crippen LogP contribution in [0.5, 0.6) is 0 Å². The first kappa shape index (κ1) is 23.5. The molecule has 0 saturated heterocycles. The van der Waals surface area contributed by atoms with Crippen LogP contribution in [0.4, 0.5) is 34.9 Å². The average molecular weight is 531 g/mol. The van der Waals surface area contributed by atoms with Crippen molar-refractivity contribution in [2.24, 2.45) is 5.10 Å². The van der Waals surface area contributed by atoms with Gasteiger partial charge in [0, 0.05) is 28.0 Å². The zero-order valence-corrected chi connectivity index (χ0v) is 19.8. The van der Waals surface area contributed by atoms with E-state index < -0.39 is 4.92 Å². The van der Waals surface area contributed by atoms with Gasteiger partial charge in [-0.1, -0.05) is 48.5 Å². The van der Waals surface area contributed by atoms with Crippen molar-refractivity contribution in [3.8, 4) is 0 Å². The van der Waals surface area contributed by atoms with Crippen LogP contribution in [0.15, 0.2) is 94.5 Å². The topological polar surface area (TPSA) is 130 Å². The summed E-state index contributed by atoms with van der Waals surface area (Å²) in [5, 5.41) is 21.2. The van der Waals surface area contributed by atoms with Crippen LogP contribution in [0.25, 0.3) is 6.08 Å².